The number of para-hydroxylation sites is 1. The van der Waals surface area contributed by atoms with Crippen LogP contribution in [0, 0.1) is 13.8 Å². The van der Waals surface area contributed by atoms with E-state index in [1.54, 1.807) is 42.6 Å². The number of aliphatic imine (C=N–C) groups is 1. The molecule has 0 bridgehead atoms. The molecule has 1 saturated heterocycles. The fourth-order valence-electron chi connectivity index (χ4n) is 5.33. The topological polar surface area (TPSA) is 82.1 Å². The molecular formula is C30H34N4O3S. The van der Waals surface area contributed by atoms with Crippen molar-refractivity contribution < 1.29 is 13.2 Å². The van der Waals surface area contributed by atoms with Gasteiger partial charge in [0.1, 0.15) is 4.90 Å². The Morgan fingerprint density at radius 1 is 0.947 bits per heavy atom. The molecule has 38 heavy (non-hydrogen) atoms. The summed E-state index contributed by atoms with van der Waals surface area (Å²) in [5, 5.41) is 0. The van der Waals surface area contributed by atoms with E-state index in [2.05, 4.69) is 46.7 Å². The van der Waals surface area contributed by atoms with Crippen LogP contribution in [0.15, 0.2) is 70.6 Å². The van der Waals surface area contributed by atoms with Crippen molar-refractivity contribution in [3.05, 3.63) is 88.5 Å². The monoisotopic (exact) mass is 530 g/mol. The van der Waals surface area contributed by atoms with Gasteiger partial charge in [0.2, 0.25) is 0 Å². The minimum atomic E-state index is -3.82. The molecule has 0 aliphatic carbocycles. The van der Waals surface area contributed by atoms with E-state index in [0.717, 1.165) is 44.5 Å². The lowest BCUT2D eigenvalue weighted by atomic mass is 10.1. The molecule has 0 unspecified atom stereocenters. The first kappa shape index (κ1) is 26.1. The maximum absolute atomic E-state index is 13.2. The van der Waals surface area contributed by atoms with E-state index in [0.29, 0.717) is 30.0 Å². The fourth-order valence-corrected chi connectivity index (χ4v) is 6.59. The third kappa shape index (κ3) is 5.97. The summed E-state index contributed by atoms with van der Waals surface area (Å²) in [7, 11) is -3.82. The van der Waals surface area contributed by atoms with Crippen LogP contribution in [0.4, 0.5) is 11.4 Å². The summed E-state index contributed by atoms with van der Waals surface area (Å²) in [6.45, 7) is 8.27. The van der Waals surface area contributed by atoms with Gasteiger partial charge in [-0.1, -0.05) is 41.5 Å². The summed E-state index contributed by atoms with van der Waals surface area (Å²) in [4.78, 5) is 22.0. The molecule has 3 aromatic carbocycles. The number of carbonyl (C=O) groups excluding carboxylic acids is 1. The van der Waals surface area contributed by atoms with E-state index >= 15 is 0 Å². The van der Waals surface area contributed by atoms with Crippen LogP contribution in [0.3, 0.4) is 0 Å². The summed E-state index contributed by atoms with van der Waals surface area (Å²) in [5.41, 5.74) is 6.25. The third-order valence-corrected chi connectivity index (χ3v) is 8.50. The van der Waals surface area contributed by atoms with E-state index in [9.17, 15) is 13.2 Å². The van der Waals surface area contributed by atoms with Gasteiger partial charge in [0.15, 0.2) is 0 Å². The Kier molecular flexibility index (Phi) is 7.63. The molecule has 2 aliphatic heterocycles. The van der Waals surface area contributed by atoms with Gasteiger partial charge in [0.05, 0.1) is 5.69 Å². The standard InChI is InChI=1S/C30H34N4O3S/c1-22-18-23(2)20-24(19-22)21-33-14-5-15-34(17-16-33)30(35)26-9-11-27(12-10-26)32-38(36,37)28-8-3-6-25-7-4-13-31-29(25)28/h3,6,8-13,18-20,32H,4-5,7,14-17,21H2,1-2H3. The van der Waals surface area contributed by atoms with Crippen molar-refractivity contribution in [1.29, 1.82) is 0 Å². The number of anilines is 1. The number of hydrogen-bond donors (Lipinski definition) is 1. The second-order valence-corrected chi connectivity index (χ2v) is 11.9. The van der Waals surface area contributed by atoms with Crippen LogP contribution in [-0.2, 0) is 23.0 Å². The molecule has 2 aliphatic rings. The number of aryl methyl sites for hydroxylation is 3. The summed E-state index contributed by atoms with van der Waals surface area (Å²) in [5.74, 6) is -0.0286. The lowest BCUT2D eigenvalue weighted by Gasteiger charge is -2.22. The van der Waals surface area contributed by atoms with Gasteiger partial charge < -0.3 is 4.90 Å². The average molecular weight is 531 g/mol. The number of fused-ring (bicyclic) bond motifs is 1. The lowest BCUT2D eigenvalue weighted by Crippen LogP contribution is -2.35. The molecule has 0 saturated carbocycles. The van der Waals surface area contributed by atoms with Gasteiger partial charge in [-0.2, -0.15) is 0 Å². The number of hydrogen-bond acceptors (Lipinski definition) is 5. The second-order valence-electron chi connectivity index (χ2n) is 10.2. The molecule has 2 heterocycles. The minimum Gasteiger partial charge on any atom is -0.337 e. The molecule has 8 heteroatoms. The molecule has 1 amide bonds. The van der Waals surface area contributed by atoms with Crippen LogP contribution >= 0.6 is 0 Å². The molecular weight excluding hydrogens is 496 g/mol. The summed E-state index contributed by atoms with van der Waals surface area (Å²) in [6, 6.07) is 18.6. The van der Waals surface area contributed by atoms with Crippen LogP contribution in [-0.4, -0.2) is 56.5 Å². The second kappa shape index (κ2) is 11.1. The number of carbonyl (C=O) groups is 1. The van der Waals surface area contributed by atoms with Crippen molar-refractivity contribution in [3.8, 4) is 0 Å². The van der Waals surface area contributed by atoms with Gasteiger partial charge in [-0.3, -0.25) is 19.4 Å². The zero-order valence-corrected chi connectivity index (χ0v) is 22.8. The van der Waals surface area contributed by atoms with Crippen LogP contribution < -0.4 is 4.72 Å². The highest BCUT2D eigenvalue weighted by molar-refractivity contribution is 7.92. The quantitative estimate of drug-likeness (QED) is 0.481. The number of sulfonamides is 1. The molecule has 0 atom stereocenters. The first-order chi connectivity index (χ1) is 18.3. The van der Waals surface area contributed by atoms with Crippen LogP contribution in [0.1, 0.15) is 45.5 Å². The predicted octanol–water partition coefficient (Wildman–Crippen LogP) is 5.10. The van der Waals surface area contributed by atoms with Gasteiger partial charge in [0.25, 0.3) is 15.9 Å². The summed E-state index contributed by atoms with van der Waals surface area (Å²) >= 11 is 0. The fraction of sp³-hybridized carbons (Fsp3) is 0.333. The van der Waals surface area contributed by atoms with Crippen LogP contribution in [0.5, 0.6) is 0 Å². The Balaban J connectivity index is 1.22. The first-order valence-electron chi connectivity index (χ1n) is 13.1. The van der Waals surface area contributed by atoms with E-state index < -0.39 is 10.0 Å². The first-order valence-corrected chi connectivity index (χ1v) is 14.6. The van der Waals surface area contributed by atoms with Crippen molar-refractivity contribution in [2.75, 3.05) is 30.9 Å². The Bertz CT molecular complexity index is 1450. The zero-order chi connectivity index (χ0) is 26.7. The molecule has 1 N–H and O–H groups in total. The zero-order valence-electron chi connectivity index (χ0n) is 22.0. The molecule has 3 aromatic rings. The number of benzene rings is 3. The number of nitrogens with one attached hydrogen (secondary N) is 1. The molecule has 1 fully saturated rings. The molecule has 0 radical (unpaired) electrons. The summed E-state index contributed by atoms with van der Waals surface area (Å²) < 4.78 is 28.9. The maximum Gasteiger partial charge on any atom is 0.264 e. The molecule has 0 aromatic heterocycles. The summed E-state index contributed by atoms with van der Waals surface area (Å²) in [6.07, 6.45) is 4.26. The van der Waals surface area contributed by atoms with Crippen LogP contribution in [0.25, 0.3) is 0 Å². The van der Waals surface area contributed by atoms with E-state index in [1.165, 1.54) is 16.7 Å². The normalized spacial score (nSPS) is 16.1. The highest BCUT2D eigenvalue weighted by Gasteiger charge is 2.23. The maximum atomic E-state index is 13.2. The van der Waals surface area contributed by atoms with Crippen molar-refractivity contribution in [3.63, 3.8) is 0 Å². The Hall–Kier alpha value is -3.49. The molecule has 5 rings (SSSR count). The lowest BCUT2D eigenvalue weighted by molar-refractivity contribution is 0.0761. The molecule has 198 valence electrons. The van der Waals surface area contributed by atoms with Gasteiger partial charge in [-0.15, -0.1) is 0 Å². The SMILES string of the molecule is Cc1cc(C)cc(CN2CCCN(C(=O)c3ccc(NS(=O)(=O)c4cccc5c4N=CCC5)cc3)CC2)c1. The molecule has 0 spiro atoms. The Labute approximate surface area is 225 Å². The van der Waals surface area contributed by atoms with Gasteiger partial charge in [-0.25, -0.2) is 8.42 Å². The van der Waals surface area contributed by atoms with E-state index in [1.807, 2.05) is 11.0 Å². The van der Waals surface area contributed by atoms with E-state index in [-0.39, 0.29) is 10.8 Å². The van der Waals surface area contributed by atoms with Gasteiger partial charge in [-0.05, 0) is 74.6 Å². The van der Waals surface area contributed by atoms with Crippen molar-refractivity contribution >= 4 is 33.5 Å². The van der Waals surface area contributed by atoms with Crippen molar-refractivity contribution in [2.45, 2.75) is 44.6 Å². The number of nitrogens with zero attached hydrogens (tertiary/aromatic N) is 3. The van der Waals surface area contributed by atoms with Crippen molar-refractivity contribution in [1.82, 2.24) is 9.80 Å². The molecule has 7 nitrogen and oxygen atoms in total. The average Bonchev–Trinajstić information content (AvgIpc) is 3.13. The predicted molar refractivity (Wildman–Crippen MR) is 152 cm³/mol. The van der Waals surface area contributed by atoms with E-state index in [4.69, 9.17) is 0 Å². The minimum absolute atomic E-state index is 0.0286. The van der Waals surface area contributed by atoms with Crippen LogP contribution in [0.2, 0.25) is 0 Å². The smallest absolute Gasteiger partial charge is 0.264 e. The van der Waals surface area contributed by atoms with Gasteiger partial charge in [0, 0.05) is 50.2 Å². The number of amides is 1. The highest BCUT2D eigenvalue weighted by atomic mass is 32.2. The largest absolute Gasteiger partial charge is 0.337 e. The number of rotatable bonds is 6. The highest BCUT2D eigenvalue weighted by Crippen LogP contribution is 2.32. The Morgan fingerprint density at radius 3 is 2.47 bits per heavy atom. The Morgan fingerprint density at radius 2 is 1.71 bits per heavy atom. The third-order valence-electron chi connectivity index (χ3n) is 7.08. The van der Waals surface area contributed by atoms with Crippen molar-refractivity contribution in [2.24, 2.45) is 4.99 Å². The van der Waals surface area contributed by atoms with Gasteiger partial charge >= 0.3 is 0 Å².